The van der Waals surface area contributed by atoms with Gasteiger partial charge in [-0.05, 0) is 36.3 Å². The van der Waals surface area contributed by atoms with Crippen LogP contribution in [0.4, 0.5) is 0 Å². The van der Waals surface area contributed by atoms with Crippen LogP contribution in [0.2, 0.25) is 0 Å². The SMILES string of the molecule is CCc1ccc(C(=O)NC(CCS)C(=O)O)cc1. The summed E-state index contributed by atoms with van der Waals surface area (Å²) < 4.78 is 0. The normalized spacial score (nSPS) is 11.9. The molecule has 1 atom stereocenters. The molecule has 4 nitrogen and oxygen atoms in total. The van der Waals surface area contributed by atoms with Gasteiger partial charge in [0.1, 0.15) is 6.04 Å². The average Bonchev–Trinajstić information content (AvgIpc) is 2.38. The summed E-state index contributed by atoms with van der Waals surface area (Å²) in [5.41, 5.74) is 1.61. The monoisotopic (exact) mass is 267 g/mol. The maximum Gasteiger partial charge on any atom is 0.326 e. The Morgan fingerprint density at radius 1 is 1.33 bits per heavy atom. The smallest absolute Gasteiger partial charge is 0.326 e. The number of hydrogen-bond acceptors (Lipinski definition) is 3. The number of amides is 1. The first-order valence-electron chi connectivity index (χ1n) is 5.82. The molecule has 98 valence electrons. The standard InChI is InChI=1S/C13H17NO3S/c1-2-9-3-5-10(6-4-9)12(15)14-11(7-8-18)13(16)17/h3-6,11,18H,2,7-8H2,1H3,(H,14,15)(H,16,17). The van der Waals surface area contributed by atoms with Crippen molar-refractivity contribution < 1.29 is 14.7 Å². The van der Waals surface area contributed by atoms with Gasteiger partial charge in [0, 0.05) is 5.56 Å². The van der Waals surface area contributed by atoms with Gasteiger partial charge in [-0.2, -0.15) is 12.6 Å². The van der Waals surface area contributed by atoms with E-state index in [0.29, 0.717) is 17.7 Å². The van der Waals surface area contributed by atoms with Crippen LogP contribution in [0.5, 0.6) is 0 Å². The first-order valence-corrected chi connectivity index (χ1v) is 6.45. The van der Waals surface area contributed by atoms with E-state index in [1.165, 1.54) is 0 Å². The van der Waals surface area contributed by atoms with E-state index in [9.17, 15) is 9.59 Å². The van der Waals surface area contributed by atoms with Crippen LogP contribution in [0.3, 0.4) is 0 Å². The van der Waals surface area contributed by atoms with Gasteiger partial charge >= 0.3 is 5.97 Å². The first-order chi connectivity index (χ1) is 8.58. The van der Waals surface area contributed by atoms with Gasteiger partial charge in [0.05, 0.1) is 0 Å². The van der Waals surface area contributed by atoms with E-state index in [1.807, 2.05) is 19.1 Å². The van der Waals surface area contributed by atoms with Gasteiger partial charge in [-0.1, -0.05) is 19.1 Å². The molecule has 0 spiro atoms. The van der Waals surface area contributed by atoms with E-state index in [4.69, 9.17) is 5.11 Å². The third kappa shape index (κ3) is 4.07. The average molecular weight is 267 g/mol. The lowest BCUT2D eigenvalue weighted by atomic mass is 10.1. The van der Waals surface area contributed by atoms with E-state index in [0.717, 1.165) is 12.0 Å². The molecular weight excluding hydrogens is 250 g/mol. The molecule has 0 saturated heterocycles. The Hall–Kier alpha value is -1.49. The van der Waals surface area contributed by atoms with E-state index >= 15 is 0 Å². The van der Waals surface area contributed by atoms with Crippen LogP contribution in [-0.4, -0.2) is 28.8 Å². The Kier molecular flexibility index (Phi) is 5.71. The number of carboxylic acids is 1. The topological polar surface area (TPSA) is 66.4 Å². The van der Waals surface area contributed by atoms with E-state index in [1.54, 1.807) is 12.1 Å². The van der Waals surface area contributed by atoms with Crippen molar-refractivity contribution in [1.29, 1.82) is 0 Å². The molecule has 0 heterocycles. The first kappa shape index (κ1) is 14.6. The second kappa shape index (κ2) is 7.06. The molecular formula is C13H17NO3S. The number of carbonyl (C=O) groups is 2. The van der Waals surface area contributed by atoms with Crippen molar-refractivity contribution in [3.8, 4) is 0 Å². The number of hydrogen-bond donors (Lipinski definition) is 3. The van der Waals surface area contributed by atoms with Crippen LogP contribution in [-0.2, 0) is 11.2 Å². The second-order valence-corrected chi connectivity index (χ2v) is 4.37. The molecule has 1 rings (SSSR count). The molecule has 5 heteroatoms. The molecule has 18 heavy (non-hydrogen) atoms. The number of aryl methyl sites for hydroxylation is 1. The number of rotatable bonds is 6. The fourth-order valence-electron chi connectivity index (χ4n) is 1.52. The molecule has 1 aromatic carbocycles. The summed E-state index contributed by atoms with van der Waals surface area (Å²) in [7, 11) is 0. The van der Waals surface area contributed by atoms with Crippen molar-refractivity contribution >= 4 is 24.5 Å². The Balaban J connectivity index is 2.70. The van der Waals surface area contributed by atoms with Gasteiger partial charge in [-0.25, -0.2) is 4.79 Å². The Labute approximate surface area is 112 Å². The highest BCUT2D eigenvalue weighted by Crippen LogP contribution is 2.06. The maximum absolute atomic E-state index is 11.8. The molecule has 2 N–H and O–H groups in total. The van der Waals surface area contributed by atoms with Crippen LogP contribution >= 0.6 is 12.6 Å². The predicted molar refractivity (Wildman–Crippen MR) is 73.2 cm³/mol. The van der Waals surface area contributed by atoms with Gasteiger partial charge in [0.25, 0.3) is 5.91 Å². The molecule has 1 amide bonds. The number of nitrogens with one attached hydrogen (secondary N) is 1. The molecule has 1 aromatic rings. The molecule has 0 radical (unpaired) electrons. The number of thiol groups is 1. The number of benzene rings is 1. The lowest BCUT2D eigenvalue weighted by Crippen LogP contribution is -2.41. The van der Waals surface area contributed by atoms with Crippen molar-refractivity contribution in [3.05, 3.63) is 35.4 Å². The fourth-order valence-corrected chi connectivity index (χ4v) is 1.78. The zero-order chi connectivity index (χ0) is 13.5. The maximum atomic E-state index is 11.8. The summed E-state index contributed by atoms with van der Waals surface area (Å²) in [6.45, 7) is 2.03. The summed E-state index contributed by atoms with van der Waals surface area (Å²) in [5, 5.41) is 11.4. The quantitative estimate of drug-likeness (QED) is 0.688. The molecule has 1 unspecified atom stereocenters. The summed E-state index contributed by atoms with van der Waals surface area (Å²) in [6.07, 6.45) is 1.20. The summed E-state index contributed by atoms with van der Waals surface area (Å²) in [6, 6.07) is 6.24. The van der Waals surface area contributed by atoms with Crippen LogP contribution in [0, 0.1) is 0 Å². The fraction of sp³-hybridized carbons (Fsp3) is 0.385. The molecule has 0 fully saturated rings. The molecule has 0 bridgehead atoms. The van der Waals surface area contributed by atoms with Crippen molar-refractivity contribution in [3.63, 3.8) is 0 Å². The zero-order valence-electron chi connectivity index (χ0n) is 10.2. The summed E-state index contributed by atoms with van der Waals surface area (Å²) in [5.74, 6) is -0.999. The molecule has 0 aromatic heterocycles. The summed E-state index contributed by atoms with van der Waals surface area (Å²) in [4.78, 5) is 22.7. The Morgan fingerprint density at radius 3 is 2.39 bits per heavy atom. The van der Waals surface area contributed by atoms with E-state index < -0.39 is 12.0 Å². The largest absolute Gasteiger partial charge is 0.480 e. The van der Waals surface area contributed by atoms with Gasteiger partial charge < -0.3 is 10.4 Å². The van der Waals surface area contributed by atoms with Crippen molar-refractivity contribution in [2.75, 3.05) is 5.75 Å². The minimum Gasteiger partial charge on any atom is -0.480 e. The third-order valence-corrected chi connectivity index (χ3v) is 2.90. The lowest BCUT2D eigenvalue weighted by Gasteiger charge is -2.13. The van der Waals surface area contributed by atoms with Crippen LogP contribution in [0.1, 0.15) is 29.3 Å². The van der Waals surface area contributed by atoms with Crippen LogP contribution < -0.4 is 5.32 Å². The predicted octanol–water partition coefficient (Wildman–Crippen LogP) is 1.75. The Morgan fingerprint density at radius 2 is 1.94 bits per heavy atom. The number of carboxylic acid groups (broad SMARTS) is 1. The molecule has 0 aliphatic rings. The summed E-state index contributed by atoms with van der Waals surface area (Å²) >= 11 is 3.98. The minimum absolute atomic E-state index is 0.303. The zero-order valence-corrected chi connectivity index (χ0v) is 11.1. The van der Waals surface area contributed by atoms with Crippen LogP contribution in [0.15, 0.2) is 24.3 Å². The number of aliphatic carboxylic acids is 1. The highest BCUT2D eigenvalue weighted by Gasteiger charge is 2.19. The van der Waals surface area contributed by atoms with Gasteiger partial charge in [0.2, 0.25) is 0 Å². The molecule has 0 aliphatic heterocycles. The van der Waals surface area contributed by atoms with Gasteiger partial charge in [-0.3, -0.25) is 4.79 Å². The lowest BCUT2D eigenvalue weighted by molar-refractivity contribution is -0.139. The van der Waals surface area contributed by atoms with E-state index in [-0.39, 0.29) is 5.91 Å². The highest BCUT2D eigenvalue weighted by atomic mass is 32.1. The third-order valence-electron chi connectivity index (χ3n) is 2.65. The number of carbonyl (C=O) groups excluding carboxylic acids is 1. The second-order valence-electron chi connectivity index (χ2n) is 3.93. The molecule has 0 aliphatic carbocycles. The minimum atomic E-state index is -1.04. The van der Waals surface area contributed by atoms with E-state index in [2.05, 4.69) is 17.9 Å². The Bertz CT molecular complexity index is 417. The highest BCUT2D eigenvalue weighted by molar-refractivity contribution is 7.80. The van der Waals surface area contributed by atoms with Crippen LogP contribution in [0.25, 0.3) is 0 Å². The van der Waals surface area contributed by atoms with Crippen molar-refractivity contribution in [1.82, 2.24) is 5.32 Å². The van der Waals surface area contributed by atoms with Gasteiger partial charge in [0.15, 0.2) is 0 Å². The van der Waals surface area contributed by atoms with Gasteiger partial charge in [-0.15, -0.1) is 0 Å². The molecule has 0 saturated carbocycles. The van der Waals surface area contributed by atoms with Crippen molar-refractivity contribution in [2.24, 2.45) is 0 Å². The van der Waals surface area contributed by atoms with Crippen molar-refractivity contribution in [2.45, 2.75) is 25.8 Å².